The number of nitrogen functional groups attached to an aromatic ring is 1. The first-order valence-electron chi connectivity index (χ1n) is 5.94. The lowest BCUT2D eigenvalue weighted by Gasteiger charge is -2.08. The molecule has 0 spiro atoms. The molecule has 1 rings (SSSR count). The zero-order chi connectivity index (χ0) is 14.1. The molecule has 0 heterocycles. The van der Waals surface area contributed by atoms with Crippen LogP contribution >= 0.6 is 0 Å². The van der Waals surface area contributed by atoms with Gasteiger partial charge in [-0.2, -0.15) is 0 Å². The van der Waals surface area contributed by atoms with Crippen molar-refractivity contribution in [1.29, 1.82) is 0 Å². The lowest BCUT2D eigenvalue weighted by atomic mass is 10.2. The van der Waals surface area contributed by atoms with Gasteiger partial charge in [-0.25, -0.2) is 9.18 Å². The number of carbonyl (C=O) groups excluding carboxylic acids is 1. The molecule has 0 aromatic heterocycles. The van der Waals surface area contributed by atoms with Crippen molar-refractivity contribution in [2.45, 2.75) is 6.42 Å². The number of benzene rings is 1. The minimum Gasteiger partial charge on any atom is -0.460 e. The fourth-order valence-corrected chi connectivity index (χ4v) is 1.39. The van der Waals surface area contributed by atoms with E-state index in [1.165, 1.54) is 18.2 Å². The molecule has 6 heteroatoms. The van der Waals surface area contributed by atoms with Gasteiger partial charge in [0.15, 0.2) is 0 Å². The van der Waals surface area contributed by atoms with E-state index in [1.807, 2.05) is 0 Å². The zero-order valence-corrected chi connectivity index (χ0v) is 10.9. The van der Waals surface area contributed by atoms with Crippen molar-refractivity contribution < 1.29 is 23.4 Å². The van der Waals surface area contributed by atoms with E-state index in [0.29, 0.717) is 13.2 Å². The van der Waals surface area contributed by atoms with E-state index in [1.54, 1.807) is 7.11 Å². The number of carbonyl (C=O) groups is 1. The molecule has 0 aliphatic carbocycles. The fourth-order valence-electron chi connectivity index (χ4n) is 1.39. The smallest absolute Gasteiger partial charge is 0.340 e. The number of methoxy groups -OCH3 is 1. The number of halogens is 1. The van der Waals surface area contributed by atoms with E-state index >= 15 is 0 Å². The van der Waals surface area contributed by atoms with Crippen LogP contribution in [-0.4, -0.2) is 39.5 Å². The normalized spacial score (nSPS) is 10.4. The van der Waals surface area contributed by atoms with E-state index in [2.05, 4.69) is 0 Å². The second-order valence-corrected chi connectivity index (χ2v) is 3.80. The second kappa shape index (κ2) is 8.44. The highest BCUT2D eigenvalue weighted by atomic mass is 19.1. The number of rotatable bonds is 8. The average molecular weight is 271 g/mol. The number of anilines is 1. The molecule has 0 atom stereocenters. The zero-order valence-electron chi connectivity index (χ0n) is 10.9. The number of ether oxygens (including phenoxy) is 3. The predicted molar refractivity (Wildman–Crippen MR) is 68.4 cm³/mol. The molecule has 0 saturated carbocycles. The Labute approximate surface area is 111 Å². The summed E-state index contributed by atoms with van der Waals surface area (Å²) in [7, 11) is 1.62. The highest BCUT2D eigenvalue weighted by Gasteiger charge is 2.13. The van der Waals surface area contributed by atoms with Crippen LogP contribution < -0.4 is 5.73 Å². The van der Waals surface area contributed by atoms with Gasteiger partial charge in [-0.3, -0.25) is 0 Å². The largest absolute Gasteiger partial charge is 0.460 e. The Balaban J connectivity index is 2.26. The SMILES string of the molecule is COCCCOCCOC(=O)c1cccc(F)c1N. The van der Waals surface area contributed by atoms with E-state index in [4.69, 9.17) is 19.9 Å². The lowest BCUT2D eigenvalue weighted by Crippen LogP contribution is -2.13. The van der Waals surface area contributed by atoms with Gasteiger partial charge in [-0.15, -0.1) is 0 Å². The highest BCUT2D eigenvalue weighted by molar-refractivity contribution is 5.95. The van der Waals surface area contributed by atoms with Gasteiger partial charge in [0.25, 0.3) is 0 Å². The monoisotopic (exact) mass is 271 g/mol. The third-order valence-electron chi connectivity index (χ3n) is 2.37. The van der Waals surface area contributed by atoms with E-state index in [9.17, 15) is 9.18 Å². The molecule has 0 fully saturated rings. The Kier molecular flexibility index (Phi) is 6.84. The van der Waals surface area contributed by atoms with Crippen LogP contribution in [0.2, 0.25) is 0 Å². The van der Waals surface area contributed by atoms with E-state index in [0.717, 1.165) is 6.42 Å². The first kappa shape index (κ1) is 15.4. The van der Waals surface area contributed by atoms with Gasteiger partial charge in [-0.1, -0.05) is 6.07 Å². The first-order chi connectivity index (χ1) is 9.16. The lowest BCUT2D eigenvalue weighted by molar-refractivity contribution is 0.0289. The van der Waals surface area contributed by atoms with Crippen LogP contribution in [0.3, 0.4) is 0 Å². The van der Waals surface area contributed by atoms with Crippen molar-refractivity contribution in [1.82, 2.24) is 0 Å². The summed E-state index contributed by atoms with van der Waals surface area (Å²) in [4.78, 5) is 11.6. The third kappa shape index (κ3) is 5.23. The van der Waals surface area contributed by atoms with Crippen LogP contribution in [-0.2, 0) is 14.2 Å². The molecule has 1 aromatic rings. The molecule has 0 saturated heterocycles. The van der Waals surface area contributed by atoms with E-state index in [-0.39, 0.29) is 24.5 Å². The van der Waals surface area contributed by atoms with Crippen LogP contribution in [0.25, 0.3) is 0 Å². The summed E-state index contributed by atoms with van der Waals surface area (Å²) in [5, 5.41) is 0. The summed E-state index contributed by atoms with van der Waals surface area (Å²) in [5.74, 6) is -1.29. The molecular weight excluding hydrogens is 253 g/mol. The van der Waals surface area contributed by atoms with Crippen LogP contribution in [0.1, 0.15) is 16.8 Å². The first-order valence-corrected chi connectivity index (χ1v) is 5.94. The molecule has 1 aromatic carbocycles. The van der Waals surface area contributed by atoms with Crippen molar-refractivity contribution in [2.24, 2.45) is 0 Å². The van der Waals surface area contributed by atoms with Crippen LogP contribution in [0, 0.1) is 5.82 Å². The molecule has 2 N–H and O–H groups in total. The molecule has 0 radical (unpaired) electrons. The summed E-state index contributed by atoms with van der Waals surface area (Å²) in [6.07, 6.45) is 0.779. The van der Waals surface area contributed by atoms with Gasteiger partial charge in [0, 0.05) is 20.3 Å². The minimum absolute atomic E-state index is 0.0272. The molecule has 19 heavy (non-hydrogen) atoms. The molecular formula is C13H18FNO4. The quantitative estimate of drug-likeness (QED) is 0.442. The molecule has 5 nitrogen and oxygen atoms in total. The van der Waals surface area contributed by atoms with Crippen molar-refractivity contribution >= 4 is 11.7 Å². The van der Waals surface area contributed by atoms with Gasteiger partial charge in [0.05, 0.1) is 17.9 Å². The predicted octanol–water partition coefficient (Wildman–Crippen LogP) is 1.62. The van der Waals surface area contributed by atoms with Crippen molar-refractivity contribution in [3.05, 3.63) is 29.6 Å². The van der Waals surface area contributed by atoms with Crippen LogP contribution in [0.5, 0.6) is 0 Å². The Morgan fingerprint density at radius 2 is 2.05 bits per heavy atom. The van der Waals surface area contributed by atoms with Gasteiger partial charge in [0.1, 0.15) is 12.4 Å². The molecule has 106 valence electrons. The van der Waals surface area contributed by atoms with Crippen LogP contribution in [0.4, 0.5) is 10.1 Å². The fraction of sp³-hybridized carbons (Fsp3) is 0.462. The summed E-state index contributed by atoms with van der Waals surface area (Å²) in [5.41, 5.74) is 5.27. The van der Waals surface area contributed by atoms with Gasteiger partial charge in [0.2, 0.25) is 0 Å². The Hall–Kier alpha value is -1.66. The van der Waals surface area contributed by atoms with Gasteiger partial charge < -0.3 is 19.9 Å². The Morgan fingerprint density at radius 3 is 2.79 bits per heavy atom. The highest BCUT2D eigenvalue weighted by Crippen LogP contribution is 2.16. The van der Waals surface area contributed by atoms with E-state index < -0.39 is 11.8 Å². The Morgan fingerprint density at radius 1 is 1.26 bits per heavy atom. The third-order valence-corrected chi connectivity index (χ3v) is 2.37. The number of hydrogen-bond acceptors (Lipinski definition) is 5. The van der Waals surface area contributed by atoms with Gasteiger partial charge >= 0.3 is 5.97 Å². The number of esters is 1. The summed E-state index contributed by atoms with van der Waals surface area (Å²) in [6, 6.07) is 4.01. The van der Waals surface area contributed by atoms with Crippen molar-refractivity contribution in [2.75, 3.05) is 39.3 Å². The van der Waals surface area contributed by atoms with Gasteiger partial charge in [-0.05, 0) is 18.6 Å². The molecule has 0 aliphatic rings. The summed E-state index contributed by atoms with van der Waals surface area (Å²) >= 11 is 0. The topological polar surface area (TPSA) is 70.8 Å². The second-order valence-electron chi connectivity index (χ2n) is 3.80. The summed E-state index contributed by atoms with van der Waals surface area (Å²) in [6.45, 7) is 1.54. The van der Waals surface area contributed by atoms with Crippen LogP contribution in [0.15, 0.2) is 18.2 Å². The summed E-state index contributed by atoms with van der Waals surface area (Å²) < 4.78 is 28.1. The molecule has 0 amide bonds. The molecule has 0 unspecified atom stereocenters. The minimum atomic E-state index is -0.655. The maximum absolute atomic E-state index is 13.1. The van der Waals surface area contributed by atoms with Crippen molar-refractivity contribution in [3.8, 4) is 0 Å². The maximum atomic E-state index is 13.1. The number of para-hydroxylation sites is 1. The Bertz CT molecular complexity index is 412. The van der Waals surface area contributed by atoms with Crippen molar-refractivity contribution in [3.63, 3.8) is 0 Å². The standard InChI is InChI=1S/C13H18FNO4/c1-17-6-3-7-18-8-9-19-13(16)10-4-2-5-11(14)12(10)15/h2,4-5H,3,6-9,15H2,1H3. The average Bonchev–Trinajstić information content (AvgIpc) is 2.40. The molecule has 0 bridgehead atoms. The number of hydrogen-bond donors (Lipinski definition) is 1. The molecule has 0 aliphatic heterocycles. The number of nitrogens with two attached hydrogens (primary N) is 1. The maximum Gasteiger partial charge on any atom is 0.340 e.